The van der Waals surface area contributed by atoms with Crippen LogP contribution in [0.3, 0.4) is 0 Å². The molecular weight excluding hydrogens is 749 g/mol. The maximum atomic E-state index is 2.41. The normalized spacial score (nSPS) is 10.9. The highest BCUT2D eigenvalue weighted by molar-refractivity contribution is 5.95. The van der Waals surface area contributed by atoms with Crippen LogP contribution in [0.4, 0.5) is 34.1 Å². The van der Waals surface area contributed by atoms with Crippen LogP contribution in [0.25, 0.3) is 55.6 Å². The van der Waals surface area contributed by atoms with Gasteiger partial charge in [0.2, 0.25) is 0 Å². The monoisotopic (exact) mass is 792 g/mol. The Morgan fingerprint density at radius 1 is 0.161 bits per heavy atom. The van der Waals surface area contributed by atoms with Crippen LogP contribution in [-0.4, -0.2) is 0 Å². The van der Waals surface area contributed by atoms with Crippen LogP contribution in [0.5, 0.6) is 0 Å². The molecule has 0 aliphatic carbocycles. The summed E-state index contributed by atoms with van der Waals surface area (Å²) in [5, 5.41) is 0. The van der Waals surface area contributed by atoms with Crippen molar-refractivity contribution < 1.29 is 0 Å². The van der Waals surface area contributed by atoms with E-state index in [4.69, 9.17) is 0 Å². The number of nitrogens with zero attached hydrogens (tertiary/aromatic N) is 2. The number of para-hydroxylation sites is 4. The first kappa shape index (κ1) is 38.0. The van der Waals surface area contributed by atoms with E-state index in [1.807, 2.05) is 0 Å². The standard InChI is InChI=1S/C60H44N2/c1-5-21-47(22-6-1)53-29-13-17-33-57(53)61(58-34-18-14-30-54(58)48-23-7-2-8-24-48)51-41-37-45(38-42-51)46-39-43-52(44-40-46)62(59-35-19-15-31-55(59)49-25-9-3-10-26-49)60-36-20-16-32-56(60)50-27-11-4-12-28-50/h1-44H. The lowest BCUT2D eigenvalue weighted by Gasteiger charge is -2.30. The van der Waals surface area contributed by atoms with Crippen LogP contribution >= 0.6 is 0 Å². The van der Waals surface area contributed by atoms with Crippen LogP contribution < -0.4 is 9.80 Å². The van der Waals surface area contributed by atoms with E-state index in [2.05, 4.69) is 277 Å². The largest absolute Gasteiger partial charge is 0.309 e. The van der Waals surface area contributed by atoms with Crippen molar-refractivity contribution in [1.29, 1.82) is 0 Å². The molecule has 0 atom stereocenters. The van der Waals surface area contributed by atoms with Crippen LogP contribution in [0, 0.1) is 0 Å². The second kappa shape index (κ2) is 17.6. The van der Waals surface area contributed by atoms with Crippen LogP contribution in [0.15, 0.2) is 267 Å². The lowest BCUT2D eigenvalue weighted by atomic mass is 9.98. The SMILES string of the molecule is c1ccc(-c2ccccc2N(c2ccc(-c3ccc(N(c4ccccc4-c4ccccc4)c4ccccc4-c4ccccc4)cc3)cc2)c2ccccc2-c2ccccc2)cc1. The summed E-state index contributed by atoms with van der Waals surface area (Å²) < 4.78 is 0. The summed E-state index contributed by atoms with van der Waals surface area (Å²) in [4.78, 5) is 4.81. The van der Waals surface area contributed by atoms with Gasteiger partial charge < -0.3 is 9.80 Å². The van der Waals surface area contributed by atoms with Crippen molar-refractivity contribution in [2.45, 2.75) is 0 Å². The second-order valence-corrected chi connectivity index (χ2v) is 15.3. The summed E-state index contributed by atoms with van der Waals surface area (Å²) in [6, 6.07) is 95.6. The molecule has 0 unspecified atom stereocenters. The van der Waals surface area contributed by atoms with Crippen molar-refractivity contribution in [2.24, 2.45) is 0 Å². The van der Waals surface area contributed by atoms with E-state index >= 15 is 0 Å². The van der Waals surface area contributed by atoms with Crippen molar-refractivity contribution >= 4 is 34.1 Å². The molecule has 0 amide bonds. The molecule has 62 heavy (non-hydrogen) atoms. The molecule has 2 nitrogen and oxygen atoms in total. The highest BCUT2D eigenvalue weighted by Crippen LogP contribution is 2.47. The van der Waals surface area contributed by atoms with Crippen molar-refractivity contribution in [3.05, 3.63) is 267 Å². The van der Waals surface area contributed by atoms with Gasteiger partial charge in [0.15, 0.2) is 0 Å². The Morgan fingerprint density at radius 3 is 0.613 bits per heavy atom. The second-order valence-electron chi connectivity index (χ2n) is 15.3. The fourth-order valence-electron chi connectivity index (χ4n) is 8.54. The van der Waals surface area contributed by atoms with Crippen LogP contribution in [0.1, 0.15) is 0 Å². The van der Waals surface area contributed by atoms with Gasteiger partial charge in [0.25, 0.3) is 0 Å². The summed E-state index contributed by atoms with van der Waals surface area (Å²) in [5.41, 5.74) is 18.3. The average molecular weight is 793 g/mol. The minimum absolute atomic E-state index is 1.08. The fourth-order valence-corrected chi connectivity index (χ4v) is 8.54. The molecule has 0 N–H and O–H groups in total. The van der Waals surface area contributed by atoms with Gasteiger partial charge in [-0.1, -0.05) is 218 Å². The number of benzene rings is 10. The van der Waals surface area contributed by atoms with E-state index in [0.29, 0.717) is 0 Å². The number of hydrogen-bond donors (Lipinski definition) is 0. The van der Waals surface area contributed by atoms with Gasteiger partial charge in [-0.3, -0.25) is 0 Å². The molecule has 2 heteroatoms. The van der Waals surface area contributed by atoms with Gasteiger partial charge in [0, 0.05) is 33.6 Å². The molecular formula is C60H44N2. The zero-order valence-corrected chi connectivity index (χ0v) is 34.3. The summed E-state index contributed by atoms with van der Waals surface area (Å²) >= 11 is 0. The van der Waals surface area contributed by atoms with Gasteiger partial charge >= 0.3 is 0 Å². The predicted octanol–water partition coefficient (Wildman–Crippen LogP) is 17.0. The van der Waals surface area contributed by atoms with Crippen LogP contribution in [0.2, 0.25) is 0 Å². The van der Waals surface area contributed by atoms with Crippen LogP contribution in [-0.2, 0) is 0 Å². The zero-order valence-electron chi connectivity index (χ0n) is 34.3. The highest BCUT2D eigenvalue weighted by atomic mass is 15.2. The zero-order chi connectivity index (χ0) is 41.5. The Morgan fingerprint density at radius 2 is 0.371 bits per heavy atom. The first-order chi connectivity index (χ1) is 30.8. The van der Waals surface area contributed by atoms with Crippen molar-refractivity contribution in [1.82, 2.24) is 0 Å². The van der Waals surface area contributed by atoms with Gasteiger partial charge in [0.1, 0.15) is 0 Å². The van der Waals surface area contributed by atoms with E-state index in [-0.39, 0.29) is 0 Å². The molecule has 0 saturated heterocycles. The van der Waals surface area contributed by atoms with Gasteiger partial charge in [-0.15, -0.1) is 0 Å². The third-order valence-corrected chi connectivity index (χ3v) is 11.5. The number of anilines is 6. The Hall–Kier alpha value is -8.20. The molecule has 0 aromatic heterocycles. The Bertz CT molecular complexity index is 2660. The fraction of sp³-hybridized carbons (Fsp3) is 0. The minimum atomic E-state index is 1.08. The van der Waals surface area contributed by atoms with E-state index in [1.165, 1.54) is 44.5 Å². The Labute approximate surface area is 364 Å². The van der Waals surface area contributed by atoms with E-state index in [1.54, 1.807) is 0 Å². The highest BCUT2D eigenvalue weighted by Gasteiger charge is 2.22. The average Bonchev–Trinajstić information content (AvgIpc) is 3.36. The molecule has 294 valence electrons. The Balaban J connectivity index is 1.06. The lowest BCUT2D eigenvalue weighted by molar-refractivity contribution is 1.28. The van der Waals surface area contributed by atoms with Crippen molar-refractivity contribution in [2.75, 3.05) is 9.80 Å². The first-order valence-electron chi connectivity index (χ1n) is 21.2. The third-order valence-electron chi connectivity index (χ3n) is 11.5. The molecule has 0 heterocycles. The minimum Gasteiger partial charge on any atom is -0.309 e. The molecule has 0 aliphatic heterocycles. The van der Waals surface area contributed by atoms with Gasteiger partial charge in [-0.05, 0) is 81.9 Å². The maximum absolute atomic E-state index is 2.41. The molecule has 0 spiro atoms. The molecule has 0 fully saturated rings. The van der Waals surface area contributed by atoms with Gasteiger partial charge in [0.05, 0.1) is 22.7 Å². The third kappa shape index (κ3) is 7.70. The van der Waals surface area contributed by atoms with Gasteiger partial charge in [-0.25, -0.2) is 0 Å². The molecule has 10 aromatic carbocycles. The first-order valence-corrected chi connectivity index (χ1v) is 21.2. The predicted molar refractivity (Wildman–Crippen MR) is 263 cm³/mol. The molecule has 0 saturated carbocycles. The lowest BCUT2D eigenvalue weighted by Crippen LogP contribution is -2.12. The summed E-state index contributed by atoms with van der Waals surface area (Å²) in [6.07, 6.45) is 0. The van der Waals surface area contributed by atoms with E-state index in [0.717, 1.165) is 45.3 Å². The Kier molecular flexibility index (Phi) is 10.8. The van der Waals surface area contributed by atoms with Crippen molar-refractivity contribution in [3.63, 3.8) is 0 Å². The van der Waals surface area contributed by atoms with Crippen molar-refractivity contribution in [3.8, 4) is 55.6 Å². The molecule has 0 bridgehead atoms. The number of hydrogen-bond acceptors (Lipinski definition) is 2. The quantitative estimate of drug-likeness (QED) is 0.129. The molecule has 10 aromatic rings. The number of rotatable bonds is 11. The summed E-state index contributed by atoms with van der Waals surface area (Å²) in [6.45, 7) is 0. The van der Waals surface area contributed by atoms with E-state index in [9.17, 15) is 0 Å². The maximum Gasteiger partial charge on any atom is 0.0540 e. The molecule has 0 aliphatic rings. The summed E-state index contributed by atoms with van der Waals surface area (Å²) in [5.74, 6) is 0. The summed E-state index contributed by atoms with van der Waals surface area (Å²) in [7, 11) is 0. The van der Waals surface area contributed by atoms with E-state index < -0.39 is 0 Å². The molecule has 10 rings (SSSR count). The van der Waals surface area contributed by atoms with Gasteiger partial charge in [-0.2, -0.15) is 0 Å². The topological polar surface area (TPSA) is 6.48 Å². The molecule has 0 radical (unpaired) electrons. The smallest absolute Gasteiger partial charge is 0.0540 e.